The SMILES string of the molecule is Cc1nc(CN2CC3CN(Cc4scnc4C)CC3(CO)C2)no1. The largest absolute Gasteiger partial charge is 0.396 e. The van der Waals surface area contributed by atoms with Crippen LogP contribution in [0.5, 0.6) is 0 Å². The van der Waals surface area contributed by atoms with Crippen LogP contribution in [0.4, 0.5) is 0 Å². The van der Waals surface area contributed by atoms with Crippen molar-refractivity contribution >= 4 is 11.3 Å². The number of thiazole rings is 1. The molecule has 2 aromatic rings. The van der Waals surface area contributed by atoms with E-state index in [-0.39, 0.29) is 12.0 Å². The fraction of sp³-hybridized carbons (Fsp3) is 0.688. The third-order valence-corrected chi connectivity index (χ3v) is 6.28. The van der Waals surface area contributed by atoms with E-state index in [9.17, 15) is 5.11 Å². The minimum absolute atomic E-state index is 0.0304. The number of aryl methyl sites for hydroxylation is 2. The highest BCUT2D eigenvalue weighted by Crippen LogP contribution is 2.43. The van der Waals surface area contributed by atoms with Gasteiger partial charge in [-0.15, -0.1) is 11.3 Å². The molecule has 2 aromatic heterocycles. The Kier molecular flexibility index (Phi) is 4.16. The zero-order valence-electron chi connectivity index (χ0n) is 14.1. The first kappa shape index (κ1) is 16.1. The Morgan fingerprint density at radius 1 is 1.29 bits per heavy atom. The molecule has 4 heterocycles. The Labute approximate surface area is 145 Å². The summed E-state index contributed by atoms with van der Waals surface area (Å²) in [6.45, 7) is 9.59. The van der Waals surface area contributed by atoms with Crippen molar-refractivity contribution < 1.29 is 9.63 Å². The summed E-state index contributed by atoms with van der Waals surface area (Å²) in [5.41, 5.74) is 3.01. The summed E-state index contributed by atoms with van der Waals surface area (Å²) >= 11 is 1.72. The van der Waals surface area contributed by atoms with Crippen LogP contribution in [0.1, 0.15) is 22.3 Å². The predicted octanol–water partition coefficient (Wildman–Crippen LogP) is 1.07. The second-order valence-electron chi connectivity index (χ2n) is 7.15. The number of likely N-dealkylation sites (tertiary alicyclic amines) is 2. The van der Waals surface area contributed by atoms with Gasteiger partial charge in [0.05, 0.1) is 24.4 Å². The summed E-state index contributed by atoms with van der Waals surface area (Å²) in [4.78, 5) is 14.8. The van der Waals surface area contributed by atoms with Crippen LogP contribution < -0.4 is 0 Å². The molecule has 2 saturated heterocycles. The van der Waals surface area contributed by atoms with Gasteiger partial charge in [0, 0.05) is 49.9 Å². The van der Waals surface area contributed by atoms with Crippen LogP contribution in [-0.4, -0.2) is 62.8 Å². The van der Waals surface area contributed by atoms with E-state index in [1.165, 1.54) is 4.88 Å². The van der Waals surface area contributed by atoms with Crippen molar-refractivity contribution in [3.63, 3.8) is 0 Å². The zero-order valence-corrected chi connectivity index (χ0v) is 14.9. The Bertz CT molecular complexity index is 717. The molecule has 8 heteroatoms. The zero-order chi connectivity index (χ0) is 16.7. The van der Waals surface area contributed by atoms with Crippen LogP contribution >= 0.6 is 11.3 Å². The number of fused-ring (bicyclic) bond motifs is 1. The third-order valence-electron chi connectivity index (χ3n) is 5.36. The van der Waals surface area contributed by atoms with Gasteiger partial charge in [0.25, 0.3) is 0 Å². The van der Waals surface area contributed by atoms with Crippen LogP contribution in [0, 0.1) is 25.2 Å². The average Bonchev–Trinajstić information content (AvgIpc) is 3.26. The molecule has 0 amide bonds. The van der Waals surface area contributed by atoms with E-state index >= 15 is 0 Å². The lowest BCUT2D eigenvalue weighted by atomic mass is 9.82. The van der Waals surface area contributed by atoms with Crippen LogP contribution in [-0.2, 0) is 13.1 Å². The Morgan fingerprint density at radius 3 is 2.58 bits per heavy atom. The maximum Gasteiger partial charge on any atom is 0.223 e. The molecular weight excluding hydrogens is 326 g/mol. The third kappa shape index (κ3) is 2.88. The number of hydrogen-bond donors (Lipinski definition) is 1. The highest BCUT2D eigenvalue weighted by Gasteiger charge is 2.52. The molecule has 2 unspecified atom stereocenters. The molecule has 4 rings (SSSR count). The van der Waals surface area contributed by atoms with Gasteiger partial charge in [0.1, 0.15) is 0 Å². The molecule has 24 heavy (non-hydrogen) atoms. The van der Waals surface area contributed by atoms with Gasteiger partial charge in [0.15, 0.2) is 5.82 Å². The summed E-state index contributed by atoms with van der Waals surface area (Å²) in [5.74, 6) is 1.83. The summed E-state index contributed by atoms with van der Waals surface area (Å²) in [7, 11) is 0. The van der Waals surface area contributed by atoms with Crippen molar-refractivity contribution in [1.82, 2.24) is 24.9 Å². The number of aliphatic hydroxyl groups excluding tert-OH is 1. The maximum absolute atomic E-state index is 10.1. The molecule has 0 spiro atoms. The van der Waals surface area contributed by atoms with Crippen molar-refractivity contribution in [2.45, 2.75) is 26.9 Å². The van der Waals surface area contributed by atoms with Gasteiger partial charge in [0.2, 0.25) is 5.89 Å². The van der Waals surface area contributed by atoms with Gasteiger partial charge in [-0.3, -0.25) is 9.80 Å². The van der Waals surface area contributed by atoms with Crippen molar-refractivity contribution in [2.24, 2.45) is 11.3 Å². The summed E-state index contributed by atoms with van der Waals surface area (Å²) < 4.78 is 5.06. The Hall–Kier alpha value is -1.35. The molecule has 7 nitrogen and oxygen atoms in total. The number of rotatable bonds is 5. The number of nitrogens with zero attached hydrogens (tertiary/aromatic N) is 5. The number of aliphatic hydroxyl groups is 1. The van der Waals surface area contributed by atoms with E-state index in [2.05, 4.69) is 31.8 Å². The van der Waals surface area contributed by atoms with Gasteiger partial charge in [-0.05, 0) is 12.8 Å². The van der Waals surface area contributed by atoms with E-state index in [4.69, 9.17) is 4.52 Å². The van der Waals surface area contributed by atoms with E-state index in [0.29, 0.717) is 18.4 Å². The molecule has 2 atom stereocenters. The standard InChI is InChI=1S/C16H23N5O2S/c1-11-14(24-10-17-11)5-20-3-13-4-21(8-16(13,7-20)9-22)6-15-18-12(2)23-19-15/h10,13,22H,3-9H2,1-2H3. The van der Waals surface area contributed by atoms with Crippen molar-refractivity contribution in [3.05, 3.63) is 27.8 Å². The van der Waals surface area contributed by atoms with E-state index < -0.39 is 0 Å². The van der Waals surface area contributed by atoms with Crippen LogP contribution in [0.25, 0.3) is 0 Å². The van der Waals surface area contributed by atoms with Gasteiger partial charge < -0.3 is 9.63 Å². The van der Waals surface area contributed by atoms with Crippen molar-refractivity contribution in [2.75, 3.05) is 32.8 Å². The lowest BCUT2D eigenvalue weighted by molar-refractivity contribution is 0.110. The molecule has 0 bridgehead atoms. The topological polar surface area (TPSA) is 78.5 Å². The quantitative estimate of drug-likeness (QED) is 0.865. The molecule has 1 N–H and O–H groups in total. The first-order valence-corrected chi connectivity index (χ1v) is 9.20. The predicted molar refractivity (Wildman–Crippen MR) is 89.4 cm³/mol. The van der Waals surface area contributed by atoms with E-state index in [1.807, 2.05) is 12.4 Å². The molecule has 2 aliphatic heterocycles. The first-order chi connectivity index (χ1) is 11.6. The molecule has 130 valence electrons. The Morgan fingerprint density at radius 2 is 2.04 bits per heavy atom. The van der Waals surface area contributed by atoms with Gasteiger partial charge in [-0.2, -0.15) is 4.98 Å². The van der Waals surface area contributed by atoms with Gasteiger partial charge in [-0.25, -0.2) is 4.98 Å². The lowest BCUT2D eigenvalue weighted by Gasteiger charge is -2.27. The van der Waals surface area contributed by atoms with E-state index in [0.717, 1.165) is 44.2 Å². The van der Waals surface area contributed by atoms with Crippen molar-refractivity contribution in [1.29, 1.82) is 0 Å². The fourth-order valence-electron chi connectivity index (χ4n) is 4.15. The highest BCUT2D eigenvalue weighted by molar-refractivity contribution is 7.09. The molecular formula is C16H23N5O2S. The minimum Gasteiger partial charge on any atom is -0.396 e. The summed E-state index contributed by atoms with van der Waals surface area (Å²) in [6.07, 6.45) is 0. The van der Waals surface area contributed by atoms with E-state index in [1.54, 1.807) is 11.3 Å². The number of aromatic nitrogens is 3. The van der Waals surface area contributed by atoms with Crippen LogP contribution in [0.15, 0.2) is 10.0 Å². The average molecular weight is 349 g/mol. The highest BCUT2D eigenvalue weighted by atomic mass is 32.1. The molecule has 0 saturated carbocycles. The summed E-state index contributed by atoms with van der Waals surface area (Å²) in [6, 6.07) is 0. The second-order valence-corrected chi connectivity index (χ2v) is 8.09. The maximum atomic E-state index is 10.1. The lowest BCUT2D eigenvalue weighted by Crippen LogP contribution is -2.37. The molecule has 0 aromatic carbocycles. The summed E-state index contributed by atoms with van der Waals surface area (Å²) in [5, 5.41) is 14.1. The smallest absolute Gasteiger partial charge is 0.223 e. The molecule has 2 fully saturated rings. The van der Waals surface area contributed by atoms with Crippen molar-refractivity contribution in [3.8, 4) is 0 Å². The molecule has 2 aliphatic rings. The second kappa shape index (κ2) is 6.18. The normalized spacial score (nSPS) is 27.9. The van der Waals surface area contributed by atoms with Gasteiger partial charge >= 0.3 is 0 Å². The van der Waals surface area contributed by atoms with Gasteiger partial charge in [-0.1, -0.05) is 5.16 Å². The number of hydrogen-bond acceptors (Lipinski definition) is 8. The fourth-order valence-corrected chi connectivity index (χ4v) is 4.97. The minimum atomic E-state index is -0.0304. The van der Waals surface area contributed by atoms with Crippen LogP contribution in [0.3, 0.4) is 0 Å². The molecule has 0 radical (unpaired) electrons. The first-order valence-electron chi connectivity index (χ1n) is 8.32. The Balaban J connectivity index is 1.41. The monoisotopic (exact) mass is 349 g/mol. The molecule has 0 aliphatic carbocycles. The van der Waals surface area contributed by atoms with Crippen LogP contribution in [0.2, 0.25) is 0 Å².